The molecule has 34 heavy (non-hydrogen) atoms. The van der Waals surface area contributed by atoms with Gasteiger partial charge in [-0.05, 0) is 33.9 Å². The minimum Gasteiger partial charge on any atom is -0.400 e. The zero-order valence-corrected chi connectivity index (χ0v) is 18.9. The van der Waals surface area contributed by atoms with Crippen LogP contribution in [-0.2, 0) is 0 Å². The first-order valence-electron chi connectivity index (χ1n) is 10.9. The van der Waals surface area contributed by atoms with Gasteiger partial charge in [0.05, 0.1) is 5.54 Å². The van der Waals surface area contributed by atoms with Gasteiger partial charge in [-0.25, -0.2) is 0 Å². The Kier molecular flexibility index (Phi) is 5.71. The second kappa shape index (κ2) is 8.15. The van der Waals surface area contributed by atoms with Crippen LogP contribution in [0.3, 0.4) is 0 Å². The zero-order chi connectivity index (χ0) is 24.8. The molecular formula is C26H32N8. The molecule has 0 aromatic heterocycles. The van der Waals surface area contributed by atoms with E-state index in [2.05, 4.69) is 0 Å². The maximum absolute atomic E-state index is 7.14. The molecule has 3 aromatic rings. The van der Waals surface area contributed by atoms with Crippen molar-refractivity contribution in [3.05, 3.63) is 119 Å². The number of nitrogens with two attached hydrogens (primary N) is 8. The summed E-state index contributed by atoms with van der Waals surface area (Å²) in [6.45, 7) is 0. The van der Waals surface area contributed by atoms with Crippen molar-refractivity contribution >= 4 is 11.1 Å². The molecule has 0 saturated carbocycles. The fraction of sp³-hybridized carbons (Fsp3) is 0.154. The Morgan fingerprint density at radius 3 is 1.29 bits per heavy atom. The van der Waals surface area contributed by atoms with Gasteiger partial charge in [-0.3, -0.25) is 0 Å². The molecule has 4 rings (SSSR count). The molecule has 0 aliphatic heterocycles. The van der Waals surface area contributed by atoms with E-state index in [4.69, 9.17) is 45.9 Å². The predicted molar refractivity (Wildman–Crippen MR) is 138 cm³/mol. The van der Waals surface area contributed by atoms with Gasteiger partial charge >= 0.3 is 0 Å². The smallest absolute Gasteiger partial charge is 0.139 e. The van der Waals surface area contributed by atoms with Gasteiger partial charge in [-0.2, -0.15) is 0 Å². The first-order chi connectivity index (χ1) is 15.9. The van der Waals surface area contributed by atoms with Crippen LogP contribution >= 0.6 is 0 Å². The highest BCUT2D eigenvalue weighted by atomic mass is 15.3. The standard InChI is InChI=1S/C26H32N8/c27-20-16-23(28,25(31,32)26(33,34)24(20,29)30)22(19-14-8-3-9-15-19)21(17-10-4-1-5-11-17)18-12-6-2-7-13-18/h1-16H,27-34H2. The summed E-state index contributed by atoms with van der Waals surface area (Å²) >= 11 is 0. The Morgan fingerprint density at radius 2 is 0.882 bits per heavy atom. The van der Waals surface area contributed by atoms with Gasteiger partial charge in [0.15, 0.2) is 0 Å². The molecule has 1 atom stereocenters. The van der Waals surface area contributed by atoms with Gasteiger partial charge in [0.1, 0.15) is 17.0 Å². The Hall–Kier alpha value is -3.34. The summed E-state index contributed by atoms with van der Waals surface area (Å²) in [6.07, 6.45) is 1.49. The van der Waals surface area contributed by atoms with Crippen LogP contribution in [-0.4, -0.2) is 22.5 Å². The maximum atomic E-state index is 7.14. The largest absolute Gasteiger partial charge is 0.400 e. The second-order valence-corrected chi connectivity index (χ2v) is 8.92. The summed E-state index contributed by atoms with van der Waals surface area (Å²) in [5, 5.41) is 0. The average Bonchev–Trinajstić information content (AvgIpc) is 2.82. The van der Waals surface area contributed by atoms with Crippen molar-refractivity contribution in [1.29, 1.82) is 0 Å². The third-order valence-electron chi connectivity index (χ3n) is 6.77. The van der Waals surface area contributed by atoms with Crippen LogP contribution in [0.25, 0.3) is 11.1 Å². The number of rotatable bonds is 4. The van der Waals surface area contributed by atoms with Crippen molar-refractivity contribution in [2.45, 2.75) is 22.5 Å². The van der Waals surface area contributed by atoms with Crippen molar-refractivity contribution < 1.29 is 0 Å². The lowest BCUT2D eigenvalue weighted by Crippen LogP contribution is -2.97. The van der Waals surface area contributed by atoms with E-state index in [1.54, 1.807) is 0 Å². The Labute approximate surface area is 199 Å². The van der Waals surface area contributed by atoms with E-state index in [1.165, 1.54) is 6.08 Å². The molecule has 1 aliphatic carbocycles. The lowest BCUT2D eigenvalue weighted by molar-refractivity contribution is 0.0942. The monoisotopic (exact) mass is 456 g/mol. The maximum Gasteiger partial charge on any atom is 0.139 e. The molecule has 0 bridgehead atoms. The van der Waals surface area contributed by atoms with E-state index in [0.29, 0.717) is 5.57 Å². The van der Waals surface area contributed by atoms with Crippen LogP contribution in [0.15, 0.2) is 103 Å². The molecule has 1 unspecified atom stereocenters. The van der Waals surface area contributed by atoms with Gasteiger partial charge in [0.2, 0.25) is 0 Å². The Morgan fingerprint density at radius 1 is 0.500 bits per heavy atom. The highest BCUT2D eigenvalue weighted by molar-refractivity contribution is 6.03. The van der Waals surface area contributed by atoms with Crippen molar-refractivity contribution in [2.75, 3.05) is 0 Å². The van der Waals surface area contributed by atoms with E-state index < -0.39 is 22.5 Å². The van der Waals surface area contributed by atoms with Crippen LogP contribution in [0.2, 0.25) is 0 Å². The molecule has 8 heteroatoms. The minimum absolute atomic E-state index is 0.0135. The van der Waals surface area contributed by atoms with E-state index in [9.17, 15) is 0 Å². The molecular weight excluding hydrogens is 424 g/mol. The van der Waals surface area contributed by atoms with E-state index in [0.717, 1.165) is 22.3 Å². The number of hydrogen-bond acceptors (Lipinski definition) is 8. The summed E-state index contributed by atoms with van der Waals surface area (Å²) in [5.41, 5.74) is 48.5. The van der Waals surface area contributed by atoms with Crippen molar-refractivity contribution in [3.8, 4) is 0 Å². The second-order valence-electron chi connectivity index (χ2n) is 8.92. The van der Waals surface area contributed by atoms with Gasteiger partial charge in [-0.15, -0.1) is 0 Å². The molecule has 8 nitrogen and oxygen atoms in total. The average molecular weight is 457 g/mol. The number of benzene rings is 3. The summed E-state index contributed by atoms with van der Waals surface area (Å²) < 4.78 is 0. The topological polar surface area (TPSA) is 208 Å². The van der Waals surface area contributed by atoms with Crippen LogP contribution < -0.4 is 45.9 Å². The van der Waals surface area contributed by atoms with Gasteiger partial charge in [0, 0.05) is 5.70 Å². The van der Waals surface area contributed by atoms with Gasteiger partial charge in [-0.1, -0.05) is 91.0 Å². The van der Waals surface area contributed by atoms with Crippen LogP contribution in [0, 0.1) is 0 Å². The van der Waals surface area contributed by atoms with E-state index in [-0.39, 0.29) is 5.70 Å². The molecule has 0 spiro atoms. The van der Waals surface area contributed by atoms with Crippen molar-refractivity contribution in [1.82, 2.24) is 0 Å². The summed E-state index contributed by atoms with van der Waals surface area (Å²) in [4.78, 5) is 0. The lowest BCUT2D eigenvalue weighted by atomic mass is 9.60. The third-order valence-corrected chi connectivity index (χ3v) is 6.77. The molecule has 16 N–H and O–H groups in total. The van der Waals surface area contributed by atoms with Gasteiger partial charge in [0.25, 0.3) is 0 Å². The quantitative estimate of drug-likeness (QED) is 0.198. The fourth-order valence-electron chi connectivity index (χ4n) is 4.55. The van der Waals surface area contributed by atoms with Crippen LogP contribution in [0.5, 0.6) is 0 Å². The minimum atomic E-state index is -2.08. The summed E-state index contributed by atoms with van der Waals surface area (Å²) in [6, 6.07) is 29.1. The van der Waals surface area contributed by atoms with E-state index in [1.807, 2.05) is 91.0 Å². The molecule has 0 amide bonds. The number of hydrogen-bond donors (Lipinski definition) is 8. The van der Waals surface area contributed by atoms with Crippen molar-refractivity contribution in [3.63, 3.8) is 0 Å². The van der Waals surface area contributed by atoms with Crippen LogP contribution in [0.4, 0.5) is 0 Å². The zero-order valence-electron chi connectivity index (χ0n) is 18.9. The normalized spacial score (nSPS) is 22.5. The fourth-order valence-corrected chi connectivity index (χ4v) is 4.55. The molecule has 1 aliphatic rings. The predicted octanol–water partition coefficient (Wildman–Crippen LogP) is 0.0405. The Balaban J connectivity index is 2.21. The molecule has 0 fully saturated rings. The molecule has 0 heterocycles. The SMILES string of the molecule is NC1=CC(N)(C(=C(c2ccccc2)c2ccccc2)c2ccccc2)C(N)(N)C(N)(N)C1(N)N. The Bertz CT molecular complexity index is 1190. The first kappa shape index (κ1) is 23.8. The first-order valence-corrected chi connectivity index (χ1v) is 10.9. The third kappa shape index (κ3) is 3.37. The lowest BCUT2D eigenvalue weighted by Gasteiger charge is -2.60. The summed E-state index contributed by atoms with van der Waals surface area (Å²) in [7, 11) is 0. The van der Waals surface area contributed by atoms with E-state index >= 15 is 0 Å². The molecule has 0 saturated heterocycles. The van der Waals surface area contributed by atoms with Gasteiger partial charge < -0.3 is 45.9 Å². The molecule has 3 aromatic carbocycles. The van der Waals surface area contributed by atoms with Crippen LogP contribution in [0.1, 0.15) is 16.7 Å². The molecule has 0 radical (unpaired) electrons. The highest BCUT2D eigenvalue weighted by Crippen LogP contribution is 2.46. The highest BCUT2D eigenvalue weighted by Gasteiger charge is 2.66. The molecule has 176 valence electrons. The van der Waals surface area contributed by atoms with Crippen molar-refractivity contribution in [2.24, 2.45) is 45.9 Å². The summed E-state index contributed by atoms with van der Waals surface area (Å²) in [5.74, 6) is 0.